The van der Waals surface area contributed by atoms with Crippen molar-refractivity contribution in [3.63, 3.8) is 0 Å². The average molecular weight is 438 g/mol. The van der Waals surface area contributed by atoms with Crippen LogP contribution in [0, 0.1) is 0 Å². The first kappa shape index (κ1) is 18.8. The summed E-state index contributed by atoms with van der Waals surface area (Å²) in [5.74, 6) is 1.50. The molecule has 0 aliphatic rings. The SMILES string of the molecule is c1ccc(-c2cccc(Oc3ccc4c(c3)c3nc5ccccc5n3c3cccnc43)c2)nc1. The summed E-state index contributed by atoms with van der Waals surface area (Å²) in [4.78, 5) is 14.1. The minimum atomic E-state index is 0.745. The lowest BCUT2D eigenvalue weighted by Gasteiger charge is -2.11. The molecule has 4 heterocycles. The van der Waals surface area contributed by atoms with Crippen molar-refractivity contribution in [2.24, 2.45) is 0 Å². The number of imidazole rings is 1. The van der Waals surface area contributed by atoms with E-state index in [0.717, 1.165) is 61.2 Å². The monoisotopic (exact) mass is 438 g/mol. The summed E-state index contributed by atoms with van der Waals surface area (Å²) in [7, 11) is 0. The van der Waals surface area contributed by atoms with E-state index in [0.29, 0.717) is 0 Å². The number of hydrogen-bond acceptors (Lipinski definition) is 4. The van der Waals surface area contributed by atoms with Crippen molar-refractivity contribution < 1.29 is 4.74 Å². The van der Waals surface area contributed by atoms with Crippen LogP contribution in [0.4, 0.5) is 0 Å². The van der Waals surface area contributed by atoms with Gasteiger partial charge in [0.2, 0.25) is 0 Å². The van der Waals surface area contributed by atoms with Crippen LogP contribution in [-0.2, 0) is 0 Å². The van der Waals surface area contributed by atoms with E-state index in [1.807, 2.05) is 79.0 Å². The molecule has 0 unspecified atom stereocenters. The van der Waals surface area contributed by atoms with Crippen LogP contribution in [-0.4, -0.2) is 19.4 Å². The van der Waals surface area contributed by atoms with E-state index in [1.54, 1.807) is 6.20 Å². The molecule has 4 aromatic heterocycles. The molecule has 7 aromatic rings. The predicted octanol–water partition coefficient (Wildman–Crippen LogP) is 7.04. The molecule has 0 atom stereocenters. The number of aromatic nitrogens is 4. The number of nitrogens with zero attached hydrogens (tertiary/aromatic N) is 4. The minimum absolute atomic E-state index is 0.745. The smallest absolute Gasteiger partial charge is 0.146 e. The first-order chi connectivity index (χ1) is 16.8. The van der Waals surface area contributed by atoms with Crippen molar-refractivity contribution in [3.05, 3.63) is 109 Å². The standard InChI is InChI=1S/C29H18N4O/c1-2-11-26-25(10-1)32-29-23-18-21(13-14-22(23)28-27(33(26)29)12-6-16-31-28)34-20-8-5-7-19(17-20)24-9-3-4-15-30-24/h1-18H. The topological polar surface area (TPSA) is 52.3 Å². The van der Waals surface area contributed by atoms with Crippen LogP contribution in [0.1, 0.15) is 0 Å². The van der Waals surface area contributed by atoms with Crippen LogP contribution in [0.25, 0.3) is 49.7 Å². The molecule has 0 bridgehead atoms. The number of benzene rings is 3. The third-order valence-electron chi connectivity index (χ3n) is 6.11. The Morgan fingerprint density at radius 3 is 2.41 bits per heavy atom. The van der Waals surface area contributed by atoms with Gasteiger partial charge in [0.25, 0.3) is 0 Å². The number of para-hydroxylation sites is 2. The summed E-state index contributed by atoms with van der Waals surface area (Å²) < 4.78 is 8.48. The fraction of sp³-hybridized carbons (Fsp3) is 0. The van der Waals surface area contributed by atoms with Crippen molar-refractivity contribution >= 4 is 38.5 Å². The van der Waals surface area contributed by atoms with E-state index >= 15 is 0 Å². The van der Waals surface area contributed by atoms with Gasteiger partial charge in [0, 0.05) is 28.7 Å². The molecule has 0 saturated carbocycles. The maximum absolute atomic E-state index is 6.30. The number of ether oxygens (including phenoxy) is 1. The average Bonchev–Trinajstić information content (AvgIpc) is 3.30. The van der Waals surface area contributed by atoms with Crippen molar-refractivity contribution in [1.82, 2.24) is 19.4 Å². The fourth-order valence-corrected chi connectivity index (χ4v) is 4.60. The first-order valence-electron chi connectivity index (χ1n) is 11.1. The number of hydrogen-bond donors (Lipinski definition) is 0. The summed E-state index contributed by atoms with van der Waals surface area (Å²) in [5.41, 5.74) is 6.81. The summed E-state index contributed by atoms with van der Waals surface area (Å²) in [6.07, 6.45) is 3.63. The lowest BCUT2D eigenvalue weighted by atomic mass is 10.1. The molecule has 0 aliphatic heterocycles. The molecule has 0 spiro atoms. The van der Waals surface area contributed by atoms with E-state index in [4.69, 9.17) is 14.7 Å². The fourth-order valence-electron chi connectivity index (χ4n) is 4.60. The van der Waals surface area contributed by atoms with Crippen molar-refractivity contribution in [3.8, 4) is 22.8 Å². The summed E-state index contributed by atoms with van der Waals surface area (Å²) in [6, 6.07) is 32.2. The zero-order valence-electron chi connectivity index (χ0n) is 18.1. The van der Waals surface area contributed by atoms with Gasteiger partial charge in [-0.3, -0.25) is 14.4 Å². The maximum Gasteiger partial charge on any atom is 0.146 e. The minimum Gasteiger partial charge on any atom is -0.457 e. The second kappa shape index (κ2) is 7.39. The van der Waals surface area contributed by atoms with E-state index < -0.39 is 0 Å². The number of fused-ring (bicyclic) bond motifs is 8. The zero-order chi connectivity index (χ0) is 22.5. The van der Waals surface area contributed by atoms with Crippen molar-refractivity contribution in [1.29, 1.82) is 0 Å². The number of pyridine rings is 3. The highest BCUT2D eigenvalue weighted by atomic mass is 16.5. The molecule has 7 rings (SSSR count). The van der Waals surface area contributed by atoms with Gasteiger partial charge in [0.05, 0.1) is 27.8 Å². The third-order valence-corrected chi connectivity index (χ3v) is 6.11. The Morgan fingerprint density at radius 1 is 0.618 bits per heavy atom. The largest absolute Gasteiger partial charge is 0.457 e. The molecule has 3 aromatic carbocycles. The third kappa shape index (κ3) is 2.91. The van der Waals surface area contributed by atoms with Gasteiger partial charge >= 0.3 is 0 Å². The van der Waals surface area contributed by atoms with Gasteiger partial charge in [0.1, 0.15) is 17.1 Å². The summed E-state index contributed by atoms with van der Waals surface area (Å²) >= 11 is 0. The highest BCUT2D eigenvalue weighted by Gasteiger charge is 2.15. The van der Waals surface area contributed by atoms with Crippen LogP contribution >= 0.6 is 0 Å². The van der Waals surface area contributed by atoms with Crippen molar-refractivity contribution in [2.75, 3.05) is 0 Å². The molecule has 34 heavy (non-hydrogen) atoms. The Bertz CT molecular complexity index is 1840. The highest BCUT2D eigenvalue weighted by molar-refractivity contribution is 6.12. The molecule has 160 valence electrons. The highest BCUT2D eigenvalue weighted by Crippen LogP contribution is 2.35. The second-order valence-electron chi connectivity index (χ2n) is 8.18. The molecular weight excluding hydrogens is 420 g/mol. The van der Waals surface area contributed by atoms with Crippen LogP contribution in [0.5, 0.6) is 11.5 Å². The van der Waals surface area contributed by atoms with E-state index in [9.17, 15) is 0 Å². The Balaban J connectivity index is 1.42. The number of rotatable bonds is 3. The summed E-state index contributed by atoms with van der Waals surface area (Å²) in [6.45, 7) is 0. The molecule has 0 radical (unpaired) electrons. The molecule has 0 N–H and O–H groups in total. The molecule has 0 aliphatic carbocycles. The summed E-state index contributed by atoms with van der Waals surface area (Å²) in [5, 5.41) is 2.05. The normalized spacial score (nSPS) is 11.5. The van der Waals surface area contributed by atoms with Crippen LogP contribution in [0.3, 0.4) is 0 Å². The molecule has 0 fully saturated rings. The molecule has 5 nitrogen and oxygen atoms in total. The molecule has 5 heteroatoms. The molecule has 0 amide bonds. The van der Waals surface area contributed by atoms with E-state index in [2.05, 4.69) is 33.7 Å². The van der Waals surface area contributed by atoms with Crippen molar-refractivity contribution in [2.45, 2.75) is 0 Å². The maximum atomic E-state index is 6.30. The Labute approximate surface area is 194 Å². The Morgan fingerprint density at radius 2 is 1.47 bits per heavy atom. The van der Waals surface area contributed by atoms with Gasteiger partial charge in [0.15, 0.2) is 0 Å². The van der Waals surface area contributed by atoms with Gasteiger partial charge in [-0.15, -0.1) is 0 Å². The van der Waals surface area contributed by atoms with E-state index in [-0.39, 0.29) is 0 Å². The van der Waals surface area contributed by atoms with Gasteiger partial charge in [-0.1, -0.05) is 30.3 Å². The van der Waals surface area contributed by atoms with Crippen LogP contribution in [0.15, 0.2) is 109 Å². The quantitative estimate of drug-likeness (QED) is 0.278. The van der Waals surface area contributed by atoms with Gasteiger partial charge < -0.3 is 4.74 Å². The Hall–Kier alpha value is -4.77. The molecule has 0 saturated heterocycles. The lowest BCUT2D eigenvalue weighted by Crippen LogP contribution is -1.94. The first-order valence-corrected chi connectivity index (χ1v) is 11.1. The Kier molecular flexibility index (Phi) is 4.08. The van der Waals surface area contributed by atoms with E-state index in [1.165, 1.54) is 0 Å². The van der Waals surface area contributed by atoms with Crippen LogP contribution < -0.4 is 4.74 Å². The van der Waals surface area contributed by atoms with Crippen LogP contribution in [0.2, 0.25) is 0 Å². The van der Waals surface area contributed by atoms with Gasteiger partial charge in [-0.25, -0.2) is 4.98 Å². The predicted molar refractivity (Wildman–Crippen MR) is 135 cm³/mol. The second-order valence-corrected chi connectivity index (χ2v) is 8.18. The lowest BCUT2D eigenvalue weighted by molar-refractivity contribution is 0.483. The molecular formula is C29H18N4O. The van der Waals surface area contributed by atoms with Gasteiger partial charge in [-0.05, 0) is 66.7 Å². The zero-order valence-corrected chi connectivity index (χ0v) is 18.1. The van der Waals surface area contributed by atoms with Gasteiger partial charge in [-0.2, -0.15) is 0 Å².